The number of amides is 2. The number of carbonyl (C=O) groups is 3. The van der Waals surface area contributed by atoms with Gasteiger partial charge in [-0.15, -0.1) is 11.8 Å². The van der Waals surface area contributed by atoms with Crippen LogP contribution in [0.1, 0.15) is 30.2 Å². The predicted octanol–water partition coefficient (Wildman–Crippen LogP) is 1.45. The summed E-state index contributed by atoms with van der Waals surface area (Å²) in [5.74, 6) is -0.649. The first kappa shape index (κ1) is 18.3. The molecule has 0 aliphatic carbocycles. The van der Waals surface area contributed by atoms with Crippen LogP contribution >= 0.6 is 11.8 Å². The summed E-state index contributed by atoms with van der Waals surface area (Å²) in [4.78, 5) is 36.8. The number of benzene rings is 1. The Kier molecular flexibility index (Phi) is 6.25. The molecule has 24 heavy (non-hydrogen) atoms. The molecule has 2 rings (SSSR count). The van der Waals surface area contributed by atoms with Gasteiger partial charge in [-0.2, -0.15) is 0 Å². The highest BCUT2D eigenvalue weighted by Gasteiger charge is 2.34. The molecule has 0 spiro atoms. The number of thioether (sulfide) groups is 1. The van der Waals surface area contributed by atoms with Crippen LogP contribution in [-0.4, -0.2) is 52.7 Å². The van der Waals surface area contributed by atoms with E-state index in [1.807, 2.05) is 24.3 Å². The number of aryl methyl sites for hydroxylation is 1. The van der Waals surface area contributed by atoms with Crippen molar-refractivity contribution in [2.24, 2.45) is 0 Å². The zero-order valence-electron chi connectivity index (χ0n) is 13.8. The monoisotopic (exact) mass is 350 g/mol. The first-order valence-corrected chi connectivity index (χ1v) is 8.93. The van der Waals surface area contributed by atoms with Crippen molar-refractivity contribution in [3.63, 3.8) is 0 Å². The minimum Gasteiger partial charge on any atom is -0.480 e. The number of rotatable bonds is 6. The summed E-state index contributed by atoms with van der Waals surface area (Å²) in [6, 6.07) is 6.85. The van der Waals surface area contributed by atoms with Gasteiger partial charge in [0.1, 0.15) is 11.3 Å². The molecule has 2 amide bonds. The molecule has 1 aliphatic rings. The molecule has 0 saturated heterocycles. The topological polar surface area (TPSA) is 86.7 Å². The molecule has 1 aliphatic heterocycles. The highest BCUT2D eigenvalue weighted by atomic mass is 32.2. The Bertz CT molecular complexity index is 635. The Hall–Kier alpha value is -2.02. The lowest BCUT2D eigenvalue weighted by molar-refractivity contribution is -0.149. The second kappa shape index (κ2) is 8.19. The molecular formula is C17H22N2O4S. The molecule has 2 N–H and O–H groups in total. The molecular weight excluding hydrogens is 328 g/mol. The third kappa shape index (κ3) is 4.29. The molecule has 1 aromatic carbocycles. The maximum atomic E-state index is 13.0. The normalized spacial score (nSPS) is 17.5. The van der Waals surface area contributed by atoms with Gasteiger partial charge in [0.2, 0.25) is 11.8 Å². The molecule has 6 nitrogen and oxygen atoms in total. The van der Waals surface area contributed by atoms with Crippen molar-refractivity contribution in [3.05, 3.63) is 35.4 Å². The van der Waals surface area contributed by atoms with Crippen LogP contribution in [0.25, 0.3) is 0 Å². The minimum absolute atomic E-state index is 0.172. The van der Waals surface area contributed by atoms with Gasteiger partial charge in [-0.05, 0) is 30.2 Å². The average molecular weight is 350 g/mol. The van der Waals surface area contributed by atoms with Crippen LogP contribution in [0.3, 0.4) is 0 Å². The van der Waals surface area contributed by atoms with Crippen molar-refractivity contribution in [1.29, 1.82) is 0 Å². The van der Waals surface area contributed by atoms with Gasteiger partial charge in [0.15, 0.2) is 0 Å². The zero-order chi connectivity index (χ0) is 17.7. The maximum Gasteiger partial charge on any atom is 0.326 e. The SMILES string of the molecule is CC(=O)NCCN(C(=O)C1SCCc2ccccc21)C(C)C(=O)O. The van der Waals surface area contributed by atoms with E-state index in [-0.39, 0.29) is 24.9 Å². The van der Waals surface area contributed by atoms with Crippen molar-refractivity contribution >= 4 is 29.5 Å². The summed E-state index contributed by atoms with van der Waals surface area (Å²) in [5, 5.41) is 11.5. The lowest BCUT2D eigenvalue weighted by Crippen LogP contribution is -2.48. The van der Waals surface area contributed by atoms with Crippen molar-refractivity contribution in [3.8, 4) is 0 Å². The number of hydrogen-bond donors (Lipinski definition) is 2. The van der Waals surface area contributed by atoms with E-state index in [9.17, 15) is 19.5 Å². The number of nitrogens with one attached hydrogen (secondary N) is 1. The molecule has 0 fully saturated rings. The fourth-order valence-electron chi connectivity index (χ4n) is 2.73. The molecule has 1 heterocycles. The van der Waals surface area contributed by atoms with Gasteiger partial charge < -0.3 is 15.3 Å². The quantitative estimate of drug-likeness (QED) is 0.811. The Labute approximate surface area is 145 Å². The summed E-state index contributed by atoms with van der Waals surface area (Å²) < 4.78 is 0. The van der Waals surface area contributed by atoms with Crippen LogP contribution < -0.4 is 5.32 Å². The van der Waals surface area contributed by atoms with Gasteiger partial charge >= 0.3 is 5.97 Å². The molecule has 0 radical (unpaired) electrons. The van der Waals surface area contributed by atoms with Crippen LogP contribution in [-0.2, 0) is 20.8 Å². The third-order valence-corrected chi connectivity index (χ3v) is 5.28. The Morgan fingerprint density at radius 2 is 2.08 bits per heavy atom. The fourth-order valence-corrected chi connectivity index (χ4v) is 3.99. The first-order valence-electron chi connectivity index (χ1n) is 7.89. The Balaban J connectivity index is 2.21. The number of carbonyl (C=O) groups excluding carboxylic acids is 2. The minimum atomic E-state index is -1.06. The molecule has 1 aromatic rings. The van der Waals surface area contributed by atoms with Crippen molar-refractivity contribution < 1.29 is 19.5 Å². The van der Waals surface area contributed by atoms with E-state index in [0.717, 1.165) is 23.3 Å². The van der Waals surface area contributed by atoms with Crippen LogP contribution in [0, 0.1) is 0 Å². The Morgan fingerprint density at radius 1 is 1.38 bits per heavy atom. The van der Waals surface area contributed by atoms with E-state index in [0.29, 0.717) is 0 Å². The van der Waals surface area contributed by atoms with E-state index in [1.54, 1.807) is 0 Å². The highest BCUT2D eigenvalue weighted by Crippen LogP contribution is 2.38. The smallest absolute Gasteiger partial charge is 0.326 e. The average Bonchev–Trinajstić information content (AvgIpc) is 2.56. The van der Waals surface area contributed by atoms with Crippen molar-refractivity contribution in [2.45, 2.75) is 31.6 Å². The van der Waals surface area contributed by atoms with E-state index < -0.39 is 17.3 Å². The Morgan fingerprint density at radius 3 is 2.75 bits per heavy atom. The number of aliphatic carboxylic acids is 1. The van der Waals surface area contributed by atoms with E-state index in [4.69, 9.17) is 0 Å². The predicted molar refractivity (Wildman–Crippen MR) is 92.8 cm³/mol. The van der Waals surface area contributed by atoms with Crippen molar-refractivity contribution in [2.75, 3.05) is 18.8 Å². The first-order chi connectivity index (χ1) is 11.4. The molecule has 0 aromatic heterocycles. The zero-order valence-corrected chi connectivity index (χ0v) is 14.6. The number of nitrogens with zero attached hydrogens (tertiary/aromatic N) is 1. The maximum absolute atomic E-state index is 13.0. The number of carboxylic acids is 1. The summed E-state index contributed by atoms with van der Waals surface area (Å²) >= 11 is 1.54. The molecule has 130 valence electrons. The third-order valence-electron chi connectivity index (χ3n) is 4.05. The van der Waals surface area contributed by atoms with Crippen LogP contribution in [0.15, 0.2) is 24.3 Å². The summed E-state index contributed by atoms with van der Waals surface area (Å²) in [7, 11) is 0. The second-order valence-corrected chi connectivity index (χ2v) is 6.94. The fraction of sp³-hybridized carbons (Fsp3) is 0.471. The van der Waals surface area contributed by atoms with Crippen LogP contribution in [0.2, 0.25) is 0 Å². The summed E-state index contributed by atoms with van der Waals surface area (Å²) in [6.07, 6.45) is 0.908. The largest absolute Gasteiger partial charge is 0.480 e. The number of carboxylic acid groups (broad SMARTS) is 1. The van der Waals surface area contributed by atoms with Gasteiger partial charge in [0.05, 0.1) is 0 Å². The van der Waals surface area contributed by atoms with Gasteiger partial charge in [-0.1, -0.05) is 24.3 Å². The molecule has 2 atom stereocenters. The van der Waals surface area contributed by atoms with E-state index in [1.165, 1.54) is 30.5 Å². The second-order valence-electron chi connectivity index (χ2n) is 5.73. The van der Waals surface area contributed by atoms with E-state index >= 15 is 0 Å². The molecule has 2 unspecified atom stereocenters. The van der Waals surface area contributed by atoms with Crippen LogP contribution in [0.4, 0.5) is 0 Å². The summed E-state index contributed by atoms with van der Waals surface area (Å²) in [6.45, 7) is 3.29. The van der Waals surface area contributed by atoms with Gasteiger partial charge in [0.25, 0.3) is 0 Å². The summed E-state index contributed by atoms with van der Waals surface area (Å²) in [5.41, 5.74) is 2.10. The number of hydrogen-bond acceptors (Lipinski definition) is 4. The molecule has 7 heteroatoms. The number of fused-ring (bicyclic) bond motifs is 1. The lowest BCUT2D eigenvalue weighted by atomic mass is 10.0. The highest BCUT2D eigenvalue weighted by molar-refractivity contribution is 8.00. The van der Waals surface area contributed by atoms with Gasteiger partial charge in [-0.25, -0.2) is 4.79 Å². The van der Waals surface area contributed by atoms with Crippen LogP contribution in [0.5, 0.6) is 0 Å². The van der Waals surface area contributed by atoms with E-state index in [2.05, 4.69) is 5.32 Å². The molecule has 0 bridgehead atoms. The van der Waals surface area contributed by atoms with Gasteiger partial charge in [-0.3, -0.25) is 9.59 Å². The van der Waals surface area contributed by atoms with Crippen molar-refractivity contribution in [1.82, 2.24) is 10.2 Å². The standard InChI is InChI=1S/C17H22N2O4S/c1-11(17(22)23)19(9-8-18-12(2)20)16(21)15-14-6-4-3-5-13(14)7-10-24-15/h3-6,11,15H,7-10H2,1-2H3,(H,18,20)(H,22,23). The molecule has 0 saturated carbocycles. The van der Waals surface area contributed by atoms with Gasteiger partial charge in [0, 0.05) is 20.0 Å². The lowest BCUT2D eigenvalue weighted by Gasteiger charge is -2.32.